The van der Waals surface area contributed by atoms with Crippen molar-refractivity contribution in [2.24, 2.45) is 0 Å². The molecule has 0 atom stereocenters. The molecule has 0 bridgehead atoms. The summed E-state index contributed by atoms with van der Waals surface area (Å²) >= 11 is 6.10. The molecule has 0 unspecified atom stereocenters. The highest BCUT2D eigenvalue weighted by Gasteiger charge is 2.10. The summed E-state index contributed by atoms with van der Waals surface area (Å²) in [7, 11) is 0. The van der Waals surface area contributed by atoms with Crippen LogP contribution < -0.4 is 10.1 Å². The molecule has 5 heteroatoms. The van der Waals surface area contributed by atoms with Crippen molar-refractivity contribution in [3.8, 4) is 11.8 Å². The van der Waals surface area contributed by atoms with E-state index in [1.165, 1.54) is 16.8 Å². The Balaban J connectivity index is 1.40. The van der Waals surface area contributed by atoms with Crippen molar-refractivity contribution in [3.05, 3.63) is 112 Å². The molecule has 0 aliphatic carbocycles. The Morgan fingerprint density at radius 1 is 1.00 bits per heavy atom. The highest BCUT2D eigenvalue weighted by Crippen LogP contribution is 2.22. The van der Waals surface area contributed by atoms with Gasteiger partial charge in [-0.3, -0.25) is 4.79 Å². The summed E-state index contributed by atoms with van der Waals surface area (Å²) in [5.41, 5.74) is 3.25. The molecule has 0 spiro atoms. The maximum Gasteiger partial charge on any atom is 0.266 e. The second-order valence-corrected chi connectivity index (χ2v) is 8.03. The van der Waals surface area contributed by atoms with Gasteiger partial charge in [-0.2, -0.15) is 5.26 Å². The second-order valence-electron chi connectivity index (χ2n) is 7.63. The van der Waals surface area contributed by atoms with Crippen LogP contribution in [0.1, 0.15) is 16.7 Å². The van der Waals surface area contributed by atoms with Crippen molar-refractivity contribution in [1.82, 2.24) is 0 Å². The molecule has 0 aliphatic heterocycles. The lowest BCUT2D eigenvalue weighted by atomic mass is 10.1. The molecule has 0 saturated heterocycles. The largest absolute Gasteiger partial charge is 0.489 e. The lowest BCUT2D eigenvalue weighted by molar-refractivity contribution is -0.112. The van der Waals surface area contributed by atoms with Crippen LogP contribution in [0.2, 0.25) is 5.02 Å². The van der Waals surface area contributed by atoms with Crippen LogP contribution in [0.15, 0.2) is 90.5 Å². The molecule has 1 N–H and O–H groups in total. The number of rotatable bonds is 6. The summed E-state index contributed by atoms with van der Waals surface area (Å²) < 4.78 is 5.90. The molecule has 1 amide bonds. The van der Waals surface area contributed by atoms with Gasteiger partial charge >= 0.3 is 0 Å². The summed E-state index contributed by atoms with van der Waals surface area (Å²) in [5, 5.41) is 15.1. The Labute approximate surface area is 197 Å². The number of hydrogen-bond donors (Lipinski definition) is 1. The zero-order chi connectivity index (χ0) is 23.2. The van der Waals surface area contributed by atoms with Crippen LogP contribution in [0.25, 0.3) is 16.8 Å². The Morgan fingerprint density at radius 2 is 1.76 bits per heavy atom. The van der Waals surface area contributed by atoms with Gasteiger partial charge in [0.25, 0.3) is 5.91 Å². The first kappa shape index (κ1) is 22.1. The lowest BCUT2D eigenvalue weighted by Gasteiger charge is -2.08. The number of halogens is 1. The van der Waals surface area contributed by atoms with Crippen molar-refractivity contribution in [1.29, 1.82) is 5.26 Å². The van der Waals surface area contributed by atoms with Crippen molar-refractivity contribution in [2.75, 3.05) is 5.32 Å². The van der Waals surface area contributed by atoms with E-state index in [1.54, 1.807) is 12.1 Å². The van der Waals surface area contributed by atoms with Gasteiger partial charge < -0.3 is 10.1 Å². The van der Waals surface area contributed by atoms with E-state index in [4.69, 9.17) is 16.3 Å². The zero-order valence-corrected chi connectivity index (χ0v) is 18.8. The number of ether oxygens (including phenoxy) is 1. The molecule has 0 heterocycles. The fourth-order valence-corrected chi connectivity index (χ4v) is 3.52. The van der Waals surface area contributed by atoms with E-state index in [0.29, 0.717) is 23.1 Å². The van der Waals surface area contributed by atoms with Gasteiger partial charge in [0.1, 0.15) is 24.0 Å². The van der Waals surface area contributed by atoms with Crippen molar-refractivity contribution >= 4 is 40.0 Å². The van der Waals surface area contributed by atoms with E-state index in [0.717, 1.165) is 16.7 Å². The van der Waals surface area contributed by atoms with Gasteiger partial charge in [0.2, 0.25) is 0 Å². The van der Waals surface area contributed by atoms with Gasteiger partial charge in [-0.1, -0.05) is 66.2 Å². The van der Waals surface area contributed by atoms with Crippen LogP contribution in [0.3, 0.4) is 0 Å². The number of aryl methyl sites for hydroxylation is 1. The molecule has 162 valence electrons. The molecule has 0 aliphatic rings. The molecule has 0 saturated carbocycles. The number of amides is 1. The molecule has 4 nitrogen and oxygen atoms in total. The number of carbonyl (C=O) groups is 1. The Kier molecular flexibility index (Phi) is 6.73. The van der Waals surface area contributed by atoms with E-state index >= 15 is 0 Å². The summed E-state index contributed by atoms with van der Waals surface area (Å²) in [4.78, 5) is 12.5. The van der Waals surface area contributed by atoms with E-state index < -0.39 is 5.91 Å². The topological polar surface area (TPSA) is 62.1 Å². The fraction of sp³-hybridized carbons (Fsp3) is 0.0714. The summed E-state index contributed by atoms with van der Waals surface area (Å²) in [6.45, 7) is 2.33. The van der Waals surface area contributed by atoms with Crippen molar-refractivity contribution in [2.45, 2.75) is 13.5 Å². The number of nitrogens with zero attached hydrogens (tertiary/aromatic N) is 1. The number of anilines is 1. The second kappa shape index (κ2) is 10.0. The van der Waals surface area contributed by atoms with E-state index in [2.05, 4.69) is 35.6 Å². The highest BCUT2D eigenvalue weighted by atomic mass is 35.5. The van der Waals surface area contributed by atoms with Crippen molar-refractivity contribution < 1.29 is 9.53 Å². The third-order valence-corrected chi connectivity index (χ3v) is 5.61. The Bertz CT molecular complexity index is 1390. The van der Waals surface area contributed by atoms with Crippen molar-refractivity contribution in [3.63, 3.8) is 0 Å². The maximum absolute atomic E-state index is 12.5. The van der Waals surface area contributed by atoms with Crippen LogP contribution in [-0.4, -0.2) is 5.91 Å². The van der Waals surface area contributed by atoms with Crippen LogP contribution in [0.4, 0.5) is 5.69 Å². The molecule has 4 rings (SSSR count). The van der Waals surface area contributed by atoms with Gasteiger partial charge in [0.05, 0.1) is 0 Å². The monoisotopic (exact) mass is 452 g/mol. The molecule has 4 aromatic rings. The number of hydrogen-bond acceptors (Lipinski definition) is 3. The quantitative estimate of drug-likeness (QED) is 0.255. The minimum absolute atomic E-state index is 0.00321. The van der Waals surface area contributed by atoms with E-state index in [-0.39, 0.29) is 5.57 Å². The first-order valence-corrected chi connectivity index (χ1v) is 10.8. The zero-order valence-electron chi connectivity index (χ0n) is 18.0. The van der Waals surface area contributed by atoms with Gasteiger partial charge in [0.15, 0.2) is 0 Å². The first-order chi connectivity index (χ1) is 16.0. The van der Waals surface area contributed by atoms with Gasteiger partial charge in [-0.25, -0.2) is 0 Å². The summed E-state index contributed by atoms with van der Waals surface area (Å²) in [5.74, 6) is 0.214. The normalized spacial score (nSPS) is 11.1. The predicted octanol–water partition coefficient (Wildman–Crippen LogP) is 6.93. The molecule has 4 aromatic carbocycles. The minimum Gasteiger partial charge on any atom is -0.489 e. The molecule has 33 heavy (non-hydrogen) atoms. The van der Waals surface area contributed by atoms with Crippen LogP contribution in [-0.2, 0) is 11.4 Å². The number of benzene rings is 4. The van der Waals surface area contributed by atoms with Gasteiger partial charge in [-0.05, 0) is 70.8 Å². The number of carbonyl (C=O) groups excluding carboxylic acids is 1. The van der Waals surface area contributed by atoms with E-state index in [1.807, 2.05) is 55.5 Å². The molecular formula is C28H21ClN2O2. The molecule has 0 radical (unpaired) electrons. The predicted molar refractivity (Wildman–Crippen MR) is 133 cm³/mol. The summed E-state index contributed by atoms with van der Waals surface area (Å²) in [6, 6.07) is 28.9. The lowest BCUT2D eigenvalue weighted by Crippen LogP contribution is -2.13. The van der Waals surface area contributed by atoms with Gasteiger partial charge in [0, 0.05) is 10.7 Å². The van der Waals surface area contributed by atoms with Gasteiger partial charge in [-0.15, -0.1) is 0 Å². The number of fused-ring (bicyclic) bond motifs is 1. The molecular weight excluding hydrogens is 432 g/mol. The van der Waals surface area contributed by atoms with Crippen LogP contribution in [0, 0.1) is 18.3 Å². The number of nitrogens with one attached hydrogen (secondary N) is 1. The SMILES string of the molecule is Cc1ccc(NC(=O)/C(C#N)=C\c2ccc(OCc3ccc4ccccc4c3)cc2)cc1Cl. The average Bonchev–Trinajstić information content (AvgIpc) is 2.84. The third-order valence-electron chi connectivity index (χ3n) is 5.21. The average molecular weight is 453 g/mol. The minimum atomic E-state index is -0.492. The number of nitriles is 1. The Morgan fingerprint density at radius 3 is 2.48 bits per heavy atom. The maximum atomic E-state index is 12.5. The molecule has 0 fully saturated rings. The third kappa shape index (κ3) is 5.60. The van der Waals surface area contributed by atoms with E-state index in [9.17, 15) is 10.1 Å². The van der Waals surface area contributed by atoms with Crippen LogP contribution >= 0.6 is 11.6 Å². The highest BCUT2D eigenvalue weighted by molar-refractivity contribution is 6.31. The standard InChI is InChI=1S/C28H21ClN2O2/c1-19-6-11-25(16-27(19)29)31-28(32)24(17-30)14-20-8-12-26(13-9-20)33-18-21-7-10-22-4-2-3-5-23(22)15-21/h2-16H,18H2,1H3,(H,31,32)/b24-14-. The Hall–Kier alpha value is -4.07. The van der Waals surface area contributed by atoms with Crippen LogP contribution in [0.5, 0.6) is 5.75 Å². The molecule has 0 aromatic heterocycles. The summed E-state index contributed by atoms with van der Waals surface area (Å²) in [6.07, 6.45) is 1.54. The smallest absolute Gasteiger partial charge is 0.266 e. The fourth-order valence-electron chi connectivity index (χ4n) is 3.34. The first-order valence-electron chi connectivity index (χ1n) is 10.4.